The molecular weight excluding hydrogens is 292 g/mol. The van der Waals surface area contributed by atoms with Crippen LogP contribution in [0.5, 0.6) is 0 Å². The lowest BCUT2D eigenvalue weighted by Gasteiger charge is -2.06. The Morgan fingerprint density at radius 1 is 1.09 bits per heavy atom. The van der Waals surface area contributed by atoms with Crippen LogP contribution in [-0.4, -0.2) is 38.9 Å². The largest absolute Gasteiger partial charge is 0.329 e. The Morgan fingerprint density at radius 3 is 2.83 bits per heavy atom. The topological polar surface area (TPSA) is 95.6 Å². The van der Waals surface area contributed by atoms with Crippen molar-refractivity contribution in [2.75, 3.05) is 18.4 Å². The van der Waals surface area contributed by atoms with Crippen LogP contribution in [0.4, 0.5) is 5.82 Å². The van der Waals surface area contributed by atoms with Crippen LogP contribution in [0.1, 0.15) is 12.0 Å². The minimum atomic E-state index is -0.0970. The van der Waals surface area contributed by atoms with E-state index < -0.39 is 0 Å². The van der Waals surface area contributed by atoms with E-state index in [1.165, 1.54) is 18.2 Å². The van der Waals surface area contributed by atoms with Gasteiger partial charge < -0.3 is 15.6 Å². The van der Waals surface area contributed by atoms with Gasteiger partial charge in [-0.3, -0.25) is 4.79 Å². The van der Waals surface area contributed by atoms with Crippen LogP contribution in [0.3, 0.4) is 0 Å². The molecule has 0 saturated heterocycles. The number of hydrogen-bond acceptors (Lipinski definition) is 5. The van der Waals surface area contributed by atoms with E-state index in [1.54, 1.807) is 0 Å². The zero-order valence-electron chi connectivity index (χ0n) is 12.6. The predicted octanol–water partition coefficient (Wildman–Crippen LogP) is 1.51. The number of hydrogen-bond donors (Lipinski definition) is 3. The molecule has 3 rings (SSSR count). The molecule has 0 radical (unpaired) electrons. The summed E-state index contributed by atoms with van der Waals surface area (Å²) in [7, 11) is 0. The van der Waals surface area contributed by atoms with Gasteiger partial charge in [-0.25, -0.2) is 15.0 Å². The van der Waals surface area contributed by atoms with E-state index in [1.807, 2.05) is 18.2 Å². The number of aromatic nitrogens is 4. The van der Waals surface area contributed by atoms with E-state index >= 15 is 0 Å². The van der Waals surface area contributed by atoms with Gasteiger partial charge in [0, 0.05) is 13.0 Å². The van der Waals surface area contributed by atoms with Gasteiger partial charge in [-0.1, -0.05) is 30.3 Å². The van der Waals surface area contributed by atoms with Gasteiger partial charge in [0.25, 0.3) is 0 Å². The third-order valence-electron chi connectivity index (χ3n) is 3.44. The van der Waals surface area contributed by atoms with E-state index in [-0.39, 0.29) is 5.91 Å². The zero-order valence-corrected chi connectivity index (χ0v) is 12.6. The Hall–Kier alpha value is -2.80. The molecule has 3 aromatic rings. The molecular formula is C16H18N6O. The first-order chi connectivity index (χ1) is 11.3. The highest BCUT2D eigenvalue weighted by Crippen LogP contribution is 2.14. The highest BCUT2D eigenvalue weighted by molar-refractivity contribution is 5.96. The van der Waals surface area contributed by atoms with Gasteiger partial charge in [-0.05, 0) is 18.5 Å². The second kappa shape index (κ2) is 7.46. The van der Waals surface area contributed by atoms with Crippen LogP contribution in [0.15, 0.2) is 43.0 Å². The second-order valence-electron chi connectivity index (χ2n) is 5.11. The van der Waals surface area contributed by atoms with Crippen molar-refractivity contribution in [3.63, 3.8) is 0 Å². The first-order valence-electron chi connectivity index (χ1n) is 7.51. The summed E-state index contributed by atoms with van der Waals surface area (Å²) in [5.41, 5.74) is 2.46. The number of carbonyl (C=O) groups excluding carboxylic acids is 1. The maximum atomic E-state index is 12.0. The average Bonchev–Trinajstić information content (AvgIpc) is 3.05. The molecule has 1 amide bonds. The lowest BCUT2D eigenvalue weighted by molar-refractivity contribution is -0.116. The summed E-state index contributed by atoms with van der Waals surface area (Å²) < 4.78 is 0. The van der Waals surface area contributed by atoms with Crippen molar-refractivity contribution in [3.8, 4) is 0 Å². The van der Waals surface area contributed by atoms with Gasteiger partial charge >= 0.3 is 0 Å². The fraction of sp³-hybridized carbons (Fsp3) is 0.250. The molecule has 7 heteroatoms. The van der Waals surface area contributed by atoms with E-state index in [9.17, 15) is 4.79 Å². The Morgan fingerprint density at radius 2 is 1.96 bits per heavy atom. The Bertz CT molecular complexity index is 770. The number of anilines is 1. The molecule has 2 heterocycles. The number of aromatic amines is 1. The summed E-state index contributed by atoms with van der Waals surface area (Å²) in [5, 5.41) is 6.03. The van der Waals surface area contributed by atoms with Crippen LogP contribution in [0.2, 0.25) is 0 Å². The molecule has 0 fully saturated rings. The number of H-pyrrole nitrogens is 1. The minimum Gasteiger partial charge on any atom is -0.329 e. The number of nitrogens with zero attached hydrogens (tertiary/aromatic N) is 3. The SMILES string of the molecule is O=C(CCNCCc1ccccc1)Nc1ncnc2[nH]cnc12. The minimum absolute atomic E-state index is 0.0970. The number of amides is 1. The number of fused-ring (bicyclic) bond motifs is 1. The van der Waals surface area contributed by atoms with Gasteiger partial charge in [0.15, 0.2) is 17.0 Å². The molecule has 7 nitrogen and oxygen atoms in total. The fourth-order valence-electron chi connectivity index (χ4n) is 2.26. The van der Waals surface area contributed by atoms with Crippen molar-refractivity contribution in [1.29, 1.82) is 0 Å². The predicted molar refractivity (Wildman–Crippen MR) is 87.9 cm³/mol. The number of imidazole rings is 1. The molecule has 0 aliphatic heterocycles. The van der Waals surface area contributed by atoms with Crippen molar-refractivity contribution in [3.05, 3.63) is 48.5 Å². The van der Waals surface area contributed by atoms with Crippen molar-refractivity contribution in [2.24, 2.45) is 0 Å². The fourth-order valence-corrected chi connectivity index (χ4v) is 2.26. The maximum Gasteiger partial charge on any atom is 0.226 e. The van der Waals surface area contributed by atoms with E-state index in [0.717, 1.165) is 13.0 Å². The normalized spacial score (nSPS) is 10.8. The number of carbonyl (C=O) groups is 1. The van der Waals surface area contributed by atoms with E-state index in [4.69, 9.17) is 0 Å². The first kappa shape index (κ1) is 15.1. The highest BCUT2D eigenvalue weighted by atomic mass is 16.1. The van der Waals surface area contributed by atoms with Crippen molar-refractivity contribution < 1.29 is 4.79 Å². The molecule has 0 spiro atoms. The van der Waals surface area contributed by atoms with Gasteiger partial charge in [-0.15, -0.1) is 0 Å². The number of nitrogens with one attached hydrogen (secondary N) is 3. The smallest absolute Gasteiger partial charge is 0.226 e. The van der Waals surface area contributed by atoms with Crippen LogP contribution >= 0.6 is 0 Å². The zero-order chi connectivity index (χ0) is 15.9. The molecule has 23 heavy (non-hydrogen) atoms. The molecule has 0 unspecified atom stereocenters. The molecule has 2 aromatic heterocycles. The van der Waals surface area contributed by atoms with Crippen molar-refractivity contribution in [1.82, 2.24) is 25.3 Å². The quantitative estimate of drug-likeness (QED) is 0.575. The van der Waals surface area contributed by atoms with Crippen molar-refractivity contribution >= 4 is 22.9 Å². The van der Waals surface area contributed by atoms with Gasteiger partial charge in [0.1, 0.15) is 6.33 Å². The van der Waals surface area contributed by atoms with Crippen LogP contribution < -0.4 is 10.6 Å². The van der Waals surface area contributed by atoms with E-state index in [0.29, 0.717) is 29.9 Å². The van der Waals surface area contributed by atoms with Gasteiger partial charge in [0.05, 0.1) is 6.33 Å². The summed E-state index contributed by atoms with van der Waals surface area (Å²) in [6.45, 7) is 1.46. The summed E-state index contributed by atoms with van der Waals surface area (Å²) >= 11 is 0. The monoisotopic (exact) mass is 310 g/mol. The standard InChI is InChI=1S/C16H18N6O/c23-13(7-9-17-8-6-12-4-2-1-3-5-12)22-16-14-15(19-10-18-14)20-11-21-16/h1-5,10-11,17H,6-9H2,(H2,18,19,20,21,22,23). The molecule has 0 aliphatic rings. The maximum absolute atomic E-state index is 12.0. The van der Waals surface area contributed by atoms with Crippen molar-refractivity contribution in [2.45, 2.75) is 12.8 Å². The van der Waals surface area contributed by atoms with Gasteiger partial charge in [-0.2, -0.15) is 0 Å². The third kappa shape index (κ3) is 4.10. The Kier molecular flexibility index (Phi) is 4.90. The Labute approximate surface area is 133 Å². The van der Waals surface area contributed by atoms with Crippen LogP contribution in [0.25, 0.3) is 11.2 Å². The second-order valence-corrected chi connectivity index (χ2v) is 5.11. The summed E-state index contributed by atoms with van der Waals surface area (Å²) in [6, 6.07) is 10.3. The van der Waals surface area contributed by atoms with Crippen LogP contribution in [0, 0.1) is 0 Å². The summed E-state index contributed by atoms with van der Waals surface area (Å²) in [4.78, 5) is 27.0. The summed E-state index contributed by atoms with van der Waals surface area (Å²) in [5.74, 6) is 0.339. The van der Waals surface area contributed by atoms with E-state index in [2.05, 4.69) is 42.7 Å². The average molecular weight is 310 g/mol. The third-order valence-corrected chi connectivity index (χ3v) is 3.44. The first-order valence-corrected chi connectivity index (χ1v) is 7.51. The summed E-state index contributed by atoms with van der Waals surface area (Å²) in [6.07, 6.45) is 4.25. The lowest BCUT2D eigenvalue weighted by atomic mass is 10.1. The highest BCUT2D eigenvalue weighted by Gasteiger charge is 2.09. The number of benzene rings is 1. The number of rotatable bonds is 7. The van der Waals surface area contributed by atoms with Crippen LogP contribution in [-0.2, 0) is 11.2 Å². The molecule has 0 bridgehead atoms. The molecule has 0 aliphatic carbocycles. The molecule has 0 atom stereocenters. The molecule has 1 aromatic carbocycles. The lowest BCUT2D eigenvalue weighted by Crippen LogP contribution is -2.24. The van der Waals surface area contributed by atoms with Gasteiger partial charge in [0.2, 0.25) is 5.91 Å². The molecule has 0 saturated carbocycles. The Balaban J connectivity index is 1.41. The molecule has 3 N–H and O–H groups in total. The molecule has 118 valence electrons.